The lowest BCUT2D eigenvalue weighted by molar-refractivity contribution is 0.112. The zero-order valence-corrected chi connectivity index (χ0v) is 11.4. The van der Waals surface area contributed by atoms with Crippen LogP contribution in [-0.2, 0) is 0 Å². The van der Waals surface area contributed by atoms with Crippen molar-refractivity contribution in [3.05, 3.63) is 41.6 Å². The fourth-order valence-corrected chi connectivity index (χ4v) is 2.26. The molecule has 0 radical (unpaired) electrons. The van der Waals surface area contributed by atoms with Gasteiger partial charge < -0.3 is 0 Å². The summed E-state index contributed by atoms with van der Waals surface area (Å²) < 4.78 is 29.3. The van der Waals surface area contributed by atoms with Crippen LogP contribution in [0.5, 0.6) is 0 Å². The SMILES string of the molecule is CCC(CC)n1cc(C=O)c(-c2c(F)cccc2F)n1. The summed E-state index contributed by atoms with van der Waals surface area (Å²) in [7, 11) is 0. The highest BCUT2D eigenvalue weighted by molar-refractivity contribution is 5.85. The van der Waals surface area contributed by atoms with Crippen molar-refractivity contribution in [3.63, 3.8) is 0 Å². The molecule has 0 fully saturated rings. The molecule has 2 rings (SSSR count). The molecule has 0 aliphatic rings. The molecule has 0 N–H and O–H groups in total. The van der Waals surface area contributed by atoms with Crippen LogP contribution in [0, 0.1) is 11.6 Å². The normalized spacial score (nSPS) is 11.1. The van der Waals surface area contributed by atoms with Crippen LogP contribution in [0.4, 0.5) is 8.78 Å². The van der Waals surface area contributed by atoms with Gasteiger partial charge in [-0.1, -0.05) is 19.9 Å². The highest BCUT2D eigenvalue weighted by Crippen LogP contribution is 2.28. The summed E-state index contributed by atoms with van der Waals surface area (Å²) in [5.41, 5.74) is 0.00251. The van der Waals surface area contributed by atoms with Crippen molar-refractivity contribution in [2.45, 2.75) is 32.7 Å². The molecule has 106 valence electrons. The van der Waals surface area contributed by atoms with E-state index in [0.717, 1.165) is 25.0 Å². The molecule has 0 aliphatic carbocycles. The molecular formula is C15H16F2N2O. The summed E-state index contributed by atoms with van der Waals surface area (Å²) in [6.45, 7) is 4.00. The van der Waals surface area contributed by atoms with E-state index in [0.29, 0.717) is 6.29 Å². The number of carbonyl (C=O) groups excluding carboxylic acids is 1. The summed E-state index contributed by atoms with van der Waals surface area (Å²) in [6.07, 6.45) is 3.78. The Morgan fingerprint density at radius 3 is 2.35 bits per heavy atom. The molecule has 0 aliphatic heterocycles. The Hall–Kier alpha value is -2.04. The summed E-state index contributed by atoms with van der Waals surface area (Å²) in [6, 6.07) is 3.70. The van der Waals surface area contributed by atoms with Crippen molar-refractivity contribution in [1.82, 2.24) is 9.78 Å². The number of carbonyl (C=O) groups is 1. The highest BCUT2D eigenvalue weighted by Gasteiger charge is 2.20. The molecule has 0 amide bonds. The molecule has 0 spiro atoms. The van der Waals surface area contributed by atoms with Crippen LogP contribution < -0.4 is 0 Å². The molecule has 1 aromatic carbocycles. The van der Waals surface area contributed by atoms with Crippen molar-refractivity contribution in [2.24, 2.45) is 0 Å². The van der Waals surface area contributed by atoms with Gasteiger partial charge in [0.1, 0.15) is 17.3 Å². The Labute approximate surface area is 116 Å². The van der Waals surface area contributed by atoms with Crippen LogP contribution in [0.1, 0.15) is 43.1 Å². The Bertz CT molecular complexity index is 598. The van der Waals surface area contributed by atoms with Gasteiger partial charge in [0, 0.05) is 6.20 Å². The number of hydrogen-bond donors (Lipinski definition) is 0. The van der Waals surface area contributed by atoms with Crippen LogP contribution in [0.2, 0.25) is 0 Å². The summed E-state index contributed by atoms with van der Waals surface area (Å²) >= 11 is 0. The van der Waals surface area contributed by atoms with E-state index < -0.39 is 11.6 Å². The number of nitrogens with zero attached hydrogens (tertiary/aromatic N) is 2. The van der Waals surface area contributed by atoms with Gasteiger partial charge in [0.2, 0.25) is 0 Å². The predicted molar refractivity (Wildman–Crippen MR) is 72.6 cm³/mol. The predicted octanol–water partition coefficient (Wildman–Crippen LogP) is 4.00. The number of aldehydes is 1. The summed E-state index contributed by atoms with van der Waals surface area (Å²) in [4.78, 5) is 11.1. The number of hydrogen-bond acceptors (Lipinski definition) is 2. The van der Waals surface area contributed by atoms with Crippen LogP contribution in [0.25, 0.3) is 11.3 Å². The third-order valence-electron chi connectivity index (χ3n) is 3.40. The van der Waals surface area contributed by atoms with Crippen molar-refractivity contribution in [1.29, 1.82) is 0 Å². The molecule has 3 nitrogen and oxygen atoms in total. The van der Waals surface area contributed by atoms with Crippen molar-refractivity contribution in [2.75, 3.05) is 0 Å². The van der Waals surface area contributed by atoms with Gasteiger partial charge in [-0.25, -0.2) is 8.78 Å². The van der Waals surface area contributed by atoms with E-state index in [-0.39, 0.29) is 22.9 Å². The van der Waals surface area contributed by atoms with Crippen LogP contribution in [0.15, 0.2) is 24.4 Å². The van der Waals surface area contributed by atoms with Gasteiger partial charge >= 0.3 is 0 Å². The van der Waals surface area contributed by atoms with Gasteiger partial charge in [-0.3, -0.25) is 9.48 Å². The van der Waals surface area contributed by atoms with Gasteiger partial charge in [0.15, 0.2) is 6.29 Å². The van der Waals surface area contributed by atoms with E-state index in [2.05, 4.69) is 5.10 Å². The number of rotatable bonds is 5. The van der Waals surface area contributed by atoms with Crippen molar-refractivity contribution in [3.8, 4) is 11.3 Å². The Balaban J connectivity index is 2.59. The quantitative estimate of drug-likeness (QED) is 0.775. The average molecular weight is 278 g/mol. The maximum absolute atomic E-state index is 13.8. The Kier molecular flexibility index (Phi) is 4.27. The zero-order chi connectivity index (χ0) is 14.7. The van der Waals surface area contributed by atoms with Gasteiger partial charge in [-0.15, -0.1) is 0 Å². The molecule has 0 atom stereocenters. The van der Waals surface area contributed by atoms with Crippen LogP contribution >= 0.6 is 0 Å². The van der Waals surface area contributed by atoms with Crippen molar-refractivity contribution >= 4 is 6.29 Å². The van der Waals surface area contributed by atoms with Crippen LogP contribution in [0.3, 0.4) is 0 Å². The van der Waals surface area contributed by atoms with Crippen molar-refractivity contribution < 1.29 is 13.6 Å². The molecule has 0 saturated heterocycles. The third-order valence-corrected chi connectivity index (χ3v) is 3.40. The maximum Gasteiger partial charge on any atom is 0.153 e. The fraction of sp³-hybridized carbons (Fsp3) is 0.333. The zero-order valence-electron chi connectivity index (χ0n) is 11.4. The Morgan fingerprint density at radius 2 is 1.85 bits per heavy atom. The molecule has 5 heteroatoms. The van der Waals surface area contributed by atoms with E-state index in [4.69, 9.17) is 0 Å². The molecule has 2 aromatic rings. The first-order valence-corrected chi connectivity index (χ1v) is 6.61. The van der Waals surface area contributed by atoms with E-state index in [1.165, 1.54) is 6.07 Å². The summed E-state index contributed by atoms with van der Waals surface area (Å²) in [5.74, 6) is -1.44. The molecule has 1 aromatic heterocycles. The smallest absolute Gasteiger partial charge is 0.153 e. The van der Waals surface area contributed by atoms with E-state index >= 15 is 0 Å². The van der Waals surface area contributed by atoms with Crippen LogP contribution in [-0.4, -0.2) is 16.1 Å². The molecule has 0 unspecified atom stereocenters. The van der Waals surface area contributed by atoms with E-state index in [1.807, 2.05) is 13.8 Å². The average Bonchev–Trinajstić information content (AvgIpc) is 2.84. The lowest BCUT2D eigenvalue weighted by atomic mass is 10.1. The topological polar surface area (TPSA) is 34.9 Å². The lowest BCUT2D eigenvalue weighted by Gasteiger charge is -2.12. The minimum atomic E-state index is -0.720. The van der Waals surface area contributed by atoms with Gasteiger partial charge in [0.25, 0.3) is 0 Å². The molecule has 20 heavy (non-hydrogen) atoms. The minimum Gasteiger partial charge on any atom is -0.298 e. The number of aromatic nitrogens is 2. The van der Waals surface area contributed by atoms with Gasteiger partial charge in [-0.2, -0.15) is 5.10 Å². The maximum atomic E-state index is 13.8. The first kappa shape index (κ1) is 14.4. The second-order valence-electron chi connectivity index (χ2n) is 4.60. The lowest BCUT2D eigenvalue weighted by Crippen LogP contribution is -2.07. The second kappa shape index (κ2) is 5.94. The monoisotopic (exact) mass is 278 g/mol. The fourth-order valence-electron chi connectivity index (χ4n) is 2.26. The van der Waals surface area contributed by atoms with E-state index in [9.17, 15) is 13.6 Å². The van der Waals surface area contributed by atoms with Gasteiger partial charge in [0.05, 0.1) is 17.2 Å². The third kappa shape index (κ3) is 2.48. The largest absolute Gasteiger partial charge is 0.298 e. The van der Waals surface area contributed by atoms with Gasteiger partial charge in [-0.05, 0) is 25.0 Å². The molecule has 0 saturated carbocycles. The second-order valence-corrected chi connectivity index (χ2v) is 4.60. The highest BCUT2D eigenvalue weighted by atomic mass is 19.1. The Morgan fingerprint density at radius 1 is 1.25 bits per heavy atom. The molecular weight excluding hydrogens is 262 g/mol. The number of benzene rings is 1. The number of halogens is 2. The first-order chi connectivity index (χ1) is 9.62. The molecule has 1 heterocycles. The van der Waals surface area contributed by atoms with E-state index in [1.54, 1.807) is 10.9 Å². The summed E-state index contributed by atoms with van der Waals surface area (Å²) in [5, 5.41) is 4.22. The minimum absolute atomic E-state index is 0.0579. The standard InChI is InChI=1S/C15H16F2N2O/c1-3-11(4-2)19-8-10(9-20)15(18-19)14-12(16)6-5-7-13(14)17/h5-9,11H,3-4H2,1-2H3. The first-order valence-electron chi connectivity index (χ1n) is 6.61. The molecule has 0 bridgehead atoms.